The molecule has 0 aliphatic carbocycles. The largest absolute Gasteiger partial charge is 0.493 e. The summed E-state index contributed by atoms with van der Waals surface area (Å²) in [7, 11) is -1.35. The summed E-state index contributed by atoms with van der Waals surface area (Å²) >= 11 is 0. The molecule has 0 bridgehead atoms. The number of aromatic amines is 2. The van der Waals surface area contributed by atoms with E-state index in [-0.39, 0.29) is 5.75 Å². The number of benzene rings is 3. The van der Waals surface area contributed by atoms with Crippen LogP contribution in [0.4, 0.5) is 0 Å². The lowest BCUT2D eigenvalue weighted by Gasteiger charge is -2.12. The van der Waals surface area contributed by atoms with Crippen molar-refractivity contribution in [3.8, 4) is 34.0 Å². The fourth-order valence-electron chi connectivity index (χ4n) is 4.39. The van der Waals surface area contributed by atoms with Gasteiger partial charge in [0, 0.05) is 23.7 Å². The highest BCUT2D eigenvalue weighted by atomic mass is 32.2. The second-order valence-electron chi connectivity index (χ2n) is 9.32. The Morgan fingerprint density at radius 3 is 2.54 bits per heavy atom. The third-order valence-corrected chi connectivity index (χ3v) is 7.74. The minimum atomic E-state index is -1.35. The van der Waals surface area contributed by atoms with Crippen LogP contribution >= 0.6 is 0 Å². The first-order valence-electron chi connectivity index (χ1n) is 13.1. The summed E-state index contributed by atoms with van der Waals surface area (Å²) in [4.78, 5) is 12.0. The standard InChI is InChI=1S/C30H27N7O3S/c1-20-27(19-41(38)30-32-25-8-2-3-9-26(25)33-30)31-15-14-28(20)40-17-5-16-39-24-12-10-21(11-13-24)22-6-4-7-23(18-22)29-34-36-37-35-29/h2-4,6-15,18H,5,16-17,19H2,1H3,(H,32,33)(H,34,35,36,37). The maximum atomic E-state index is 13.0. The van der Waals surface area contributed by atoms with E-state index in [0.717, 1.165) is 50.5 Å². The molecule has 2 N–H and O–H groups in total. The topological polar surface area (TPSA) is 132 Å². The molecule has 0 saturated heterocycles. The van der Waals surface area contributed by atoms with Crippen LogP contribution in [-0.2, 0) is 16.6 Å². The van der Waals surface area contributed by atoms with Crippen LogP contribution in [0.15, 0.2) is 90.2 Å². The first-order chi connectivity index (χ1) is 20.1. The first kappa shape index (κ1) is 26.3. The summed E-state index contributed by atoms with van der Waals surface area (Å²) in [5.41, 5.74) is 6.27. The minimum absolute atomic E-state index is 0.253. The highest BCUT2D eigenvalue weighted by molar-refractivity contribution is 7.84. The van der Waals surface area contributed by atoms with Crippen molar-refractivity contribution in [2.24, 2.45) is 0 Å². The Labute approximate surface area is 238 Å². The van der Waals surface area contributed by atoms with Crippen molar-refractivity contribution in [1.29, 1.82) is 0 Å². The number of hydrogen-bond acceptors (Lipinski definition) is 8. The van der Waals surface area contributed by atoms with Crippen molar-refractivity contribution in [1.82, 2.24) is 35.6 Å². The molecule has 0 amide bonds. The van der Waals surface area contributed by atoms with Crippen LogP contribution in [0.1, 0.15) is 17.7 Å². The normalized spacial score (nSPS) is 11.9. The Morgan fingerprint density at radius 2 is 1.71 bits per heavy atom. The predicted molar refractivity (Wildman–Crippen MR) is 156 cm³/mol. The lowest BCUT2D eigenvalue weighted by Crippen LogP contribution is -2.08. The maximum Gasteiger partial charge on any atom is 0.204 e. The Bertz CT molecular complexity index is 1750. The van der Waals surface area contributed by atoms with E-state index < -0.39 is 10.8 Å². The van der Waals surface area contributed by atoms with Crippen LogP contribution in [0.5, 0.6) is 11.5 Å². The smallest absolute Gasteiger partial charge is 0.204 e. The number of tetrazole rings is 1. The van der Waals surface area contributed by atoms with E-state index in [2.05, 4.69) is 35.6 Å². The molecule has 41 heavy (non-hydrogen) atoms. The SMILES string of the molecule is Cc1c(OCCCOc2ccc(-c3cccc(-c4nn[nH]n4)c3)cc2)ccnc1CS(=O)c1nc2ccccc2[nH]1. The van der Waals surface area contributed by atoms with E-state index in [1.807, 2.05) is 85.8 Å². The minimum Gasteiger partial charge on any atom is -0.493 e. The lowest BCUT2D eigenvalue weighted by molar-refractivity contribution is 0.246. The van der Waals surface area contributed by atoms with Gasteiger partial charge < -0.3 is 14.5 Å². The number of ether oxygens (including phenoxy) is 2. The Hall–Kier alpha value is -4.90. The molecule has 1 atom stereocenters. The van der Waals surface area contributed by atoms with E-state index in [9.17, 15) is 4.21 Å². The Morgan fingerprint density at radius 1 is 0.878 bits per heavy atom. The van der Waals surface area contributed by atoms with Gasteiger partial charge in [-0.05, 0) is 59.7 Å². The predicted octanol–water partition coefficient (Wildman–Crippen LogP) is 5.27. The lowest BCUT2D eigenvalue weighted by atomic mass is 10.0. The number of rotatable bonds is 11. The fourth-order valence-corrected chi connectivity index (χ4v) is 5.49. The van der Waals surface area contributed by atoms with Gasteiger partial charge in [-0.1, -0.05) is 42.5 Å². The van der Waals surface area contributed by atoms with Crippen molar-refractivity contribution in [3.63, 3.8) is 0 Å². The number of pyridine rings is 1. The molecule has 1 unspecified atom stereocenters. The molecule has 3 aromatic heterocycles. The van der Waals surface area contributed by atoms with Crippen LogP contribution in [0.25, 0.3) is 33.5 Å². The van der Waals surface area contributed by atoms with Crippen LogP contribution in [-0.4, -0.2) is 53.0 Å². The monoisotopic (exact) mass is 565 g/mol. The van der Waals surface area contributed by atoms with E-state index in [4.69, 9.17) is 9.47 Å². The number of imidazole rings is 1. The van der Waals surface area contributed by atoms with Gasteiger partial charge in [0.15, 0.2) is 5.16 Å². The van der Waals surface area contributed by atoms with Gasteiger partial charge in [0.1, 0.15) is 11.5 Å². The molecule has 206 valence electrons. The van der Waals surface area contributed by atoms with Gasteiger partial charge in [-0.25, -0.2) is 4.98 Å². The number of fused-ring (bicyclic) bond motifs is 1. The molecule has 3 aromatic carbocycles. The van der Waals surface area contributed by atoms with Gasteiger partial charge in [0.2, 0.25) is 5.82 Å². The van der Waals surface area contributed by atoms with Crippen LogP contribution < -0.4 is 9.47 Å². The maximum absolute atomic E-state index is 13.0. The van der Waals surface area contributed by atoms with E-state index in [1.54, 1.807) is 6.20 Å². The highest BCUT2D eigenvalue weighted by Crippen LogP contribution is 2.26. The van der Waals surface area contributed by atoms with Crippen LogP contribution in [0.3, 0.4) is 0 Å². The summed E-state index contributed by atoms with van der Waals surface area (Å²) < 4.78 is 24.9. The van der Waals surface area contributed by atoms with E-state index >= 15 is 0 Å². The molecule has 6 aromatic rings. The second kappa shape index (κ2) is 12.1. The fraction of sp³-hybridized carbons (Fsp3) is 0.167. The molecule has 11 heteroatoms. The molecule has 0 saturated carbocycles. The van der Waals surface area contributed by atoms with E-state index in [0.29, 0.717) is 30.6 Å². The van der Waals surface area contributed by atoms with Crippen LogP contribution in [0.2, 0.25) is 0 Å². The zero-order valence-electron chi connectivity index (χ0n) is 22.3. The summed E-state index contributed by atoms with van der Waals surface area (Å²) in [6, 6.07) is 25.4. The number of nitrogens with zero attached hydrogens (tertiary/aromatic N) is 5. The Kier molecular flexibility index (Phi) is 7.76. The molecule has 0 fully saturated rings. The van der Waals surface area contributed by atoms with E-state index in [1.165, 1.54) is 0 Å². The third kappa shape index (κ3) is 6.15. The average Bonchev–Trinajstić information content (AvgIpc) is 3.70. The molecule has 0 aliphatic rings. The van der Waals surface area contributed by atoms with Crippen molar-refractivity contribution in [2.45, 2.75) is 24.3 Å². The summed E-state index contributed by atoms with van der Waals surface area (Å²) in [6.45, 7) is 2.93. The molecule has 10 nitrogen and oxygen atoms in total. The van der Waals surface area contributed by atoms with Gasteiger partial charge in [0.05, 0.1) is 46.5 Å². The van der Waals surface area contributed by atoms with Crippen molar-refractivity contribution in [2.75, 3.05) is 13.2 Å². The molecular weight excluding hydrogens is 538 g/mol. The zero-order chi connectivity index (χ0) is 28.0. The molecule has 0 aliphatic heterocycles. The number of aromatic nitrogens is 7. The van der Waals surface area contributed by atoms with Crippen molar-refractivity contribution in [3.05, 3.63) is 96.3 Å². The van der Waals surface area contributed by atoms with Gasteiger partial charge in [-0.2, -0.15) is 5.21 Å². The average molecular weight is 566 g/mol. The van der Waals surface area contributed by atoms with Crippen molar-refractivity contribution < 1.29 is 13.7 Å². The summed E-state index contributed by atoms with van der Waals surface area (Å²) in [6.07, 6.45) is 2.39. The Balaban J connectivity index is 0.991. The number of nitrogens with one attached hydrogen (secondary N) is 2. The van der Waals surface area contributed by atoms with Gasteiger partial charge in [-0.15, -0.1) is 10.2 Å². The number of H-pyrrole nitrogens is 2. The van der Waals surface area contributed by atoms with Crippen molar-refractivity contribution >= 4 is 21.8 Å². The molecule has 3 heterocycles. The first-order valence-corrected chi connectivity index (χ1v) is 14.4. The van der Waals surface area contributed by atoms with Crippen LogP contribution in [0, 0.1) is 6.92 Å². The number of para-hydroxylation sites is 2. The van der Waals surface area contributed by atoms with Gasteiger partial charge >= 0.3 is 0 Å². The second-order valence-corrected chi connectivity index (χ2v) is 10.7. The molecule has 6 rings (SSSR count). The third-order valence-electron chi connectivity index (χ3n) is 6.58. The summed E-state index contributed by atoms with van der Waals surface area (Å²) in [5.74, 6) is 2.33. The number of hydrogen-bond donors (Lipinski definition) is 2. The molecule has 0 spiro atoms. The molecular formula is C30H27N7O3S. The summed E-state index contributed by atoms with van der Waals surface area (Å²) in [5, 5.41) is 14.6. The van der Waals surface area contributed by atoms with Gasteiger partial charge in [-0.3, -0.25) is 9.19 Å². The zero-order valence-corrected chi connectivity index (χ0v) is 23.1. The quantitative estimate of drug-likeness (QED) is 0.203. The highest BCUT2D eigenvalue weighted by Gasteiger charge is 2.15. The molecule has 0 radical (unpaired) electrons. The van der Waals surface area contributed by atoms with Gasteiger partial charge in [0.25, 0.3) is 0 Å².